The molecule has 4 heterocycles. The number of aromatic hydroxyl groups is 1. The number of hydrogen-bond donors (Lipinski definition) is 2. The normalized spacial score (nSPS) is 21.3. The number of hydrogen-bond acceptors (Lipinski definition) is 6. The van der Waals surface area contributed by atoms with Crippen molar-refractivity contribution in [2.75, 3.05) is 23.4 Å². The highest BCUT2D eigenvalue weighted by Crippen LogP contribution is 2.36. The predicted molar refractivity (Wildman–Crippen MR) is 115 cm³/mol. The van der Waals surface area contributed by atoms with E-state index in [2.05, 4.69) is 20.4 Å². The molecule has 2 bridgehead atoms. The fourth-order valence-electron chi connectivity index (χ4n) is 4.64. The van der Waals surface area contributed by atoms with Crippen molar-refractivity contribution in [3.05, 3.63) is 53.5 Å². The van der Waals surface area contributed by atoms with Crippen LogP contribution in [0.5, 0.6) is 5.75 Å². The molecule has 2 aromatic carbocycles. The number of anilines is 2. The summed E-state index contributed by atoms with van der Waals surface area (Å²) in [7, 11) is 0. The lowest BCUT2D eigenvalue weighted by atomic mass is 9.96. The van der Waals surface area contributed by atoms with Crippen molar-refractivity contribution < 1.29 is 23.0 Å². The zero-order valence-corrected chi connectivity index (χ0v) is 17.4. The summed E-state index contributed by atoms with van der Waals surface area (Å²) in [6.45, 7) is 3.19. The Morgan fingerprint density at radius 1 is 1.19 bits per heavy atom. The van der Waals surface area contributed by atoms with E-state index in [-0.39, 0.29) is 11.7 Å². The van der Waals surface area contributed by atoms with Gasteiger partial charge in [0, 0.05) is 23.2 Å². The van der Waals surface area contributed by atoms with Gasteiger partial charge in [0.1, 0.15) is 11.6 Å². The van der Waals surface area contributed by atoms with Gasteiger partial charge in [0.05, 0.1) is 47.8 Å². The van der Waals surface area contributed by atoms with Gasteiger partial charge in [0.15, 0.2) is 0 Å². The number of fused-ring (bicyclic) bond motifs is 4. The van der Waals surface area contributed by atoms with E-state index in [1.54, 1.807) is 6.92 Å². The number of phenols is 1. The molecule has 3 aromatic rings. The fourth-order valence-corrected chi connectivity index (χ4v) is 4.64. The molecular weight excluding hydrogens is 421 g/mol. The molecule has 0 radical (unpaired) electrons. The van der Waals surface area contributed by atoms with Gasteiger partial charge in [-0.2, -0.15) is 10.2 Å². The van der Waals surface area contributed by atoms with E-state index in [0.29, 0.717) is 23.9 Å². The van der Waals surface area contributed by atoms with Crippen molar-refractivity contribution in [3.8, 4) is 5.75 Å². The lowest BCUT2D eigenvalue weighted by Gasteiger charge is -2.46. The largest absolute Gasteiger partial charge is 0.508 e. The van der Waals surface area contributed by atoms with Crippen molar-refractivity contribution >= 4 is 22.3 Å². The number of phenolic OH excluding ortho intramolecular Hbond substituents is 1. The van der Waals surface area contributed by atoms with Crippen LogP contribution < -0.4 is 10.2 Å². The number of ether oxygens (including phenoxy) is 1. The van der Waals surface area contributed by atoms with Crippen LogP contribution in [-0.4, -0.2) is 40.6 Å². The van der Waals surface area contributed by atoms with Crippen molar-refractivity contribution in [2.45, 2.75) is 44.4 Å². The van der Waals surface area contributed by atoms with Crippen LogP contribution in [0.2, 0.25) is 0 Å². The first-order valence-electron chi connectivity index (χ1n) is 10.6. The van der Waals surface area contributed by atoms with Gasteiger partial charge >= 0.3 is 0 Å². The molecular formula is C23H23F3N4O2. The Kier molecular flexibility index (Phi) is 5.28. The second-order valence-electron chi connectivity index (χ2n) is 8.40. The second kappa shape index (κ2) is 8.12. The average molecular weight is 444 g/mol. The predicted octanol–water partition coefficient (Wildman–Crippen LogP) is 4.95. The van der Waals surface area contributed by atoms with Crippen LogP contribution in [0, 0.1) is 5.82 Å². The SMILES string of the molecule is C[C@@H](Nc1cnnc2ccc(N3CC4CCC3CO4)cc12)c1cc(O)cc(C(F)F)c1F. The molecule has 3 aliphatic heterocycles. The number of rotatable bonds is 5. The van der Waals surface area contributed by atoms with Crippen LogP contribution in [0.25, 0.3) is 10.9 Å². The van der Waals surface area contributed by atoms with Crippen molar-refractivity contribution in [1.82, 2.24) is 10.2 Å². The number of halogens is 3. The summed E-state index contributed by atoms with van der Waals surface area (Å²) in [6.07, 6.45) is 0.899. The molecule has 32 heavy (non-hydrogen) atoms. The van der Waals surface area contributed by atoms with Gasteiger partial charge in [-0.25, -0.2) is 13.2 Å². The Morgan fingerprint density at radius 3 is 2.69 bits per heavy atom. The highest BCUT2D eigenvalue weighted by Gasteiger charge is 2.34. The van der Waals surface area contributed by atoms with Gasteiger partial charge in [-0.3, -0.25) is 0 Å². The number of nitrogens with one attached hydrogen (secondary N) is 1. The lowest BCUT2D eigenvalue weighted by molar-refractivity contribution is -0.0225. The van der Waals surface area contributed by atoms with Crippen LogP contribution in [0.4, 0.5) is 24.5 Å². The van der Waals surface area contributed by atoms with Crippen LogP contribution in [0.15, 0.2) is 36.5 Å². The van der Waals surface area contributed by atoms with E-state index in [9.17, 15) is 18.3 Å². The number of morpholine rings is 1. The third kappa shape index (κ3) is 3.70. The maximum atomic E-state index is 14.7. The molecule has 2 N–H and O–H groups in total. The third-order valence-corrected chi connectivity index (χ3v) is 6.33. The maximum absolute atomic E-state index is 14.7. The molecule has 1 aromatic heterocycles. The van der Waals surface area contributed by atoms with E-state index < -0.39 is 29.6 Å². The minimum absolute atomic E-state index is 0.0492. The number of alkyl halides is 2. The van der Waals surface area contributed by atoms with Gasteiger partial charge in [-0.15, -0.1) is 0 Å². The van der Waals surface area contributed by atoms with Crippen LogP contribution in [0.3, 0.4) is 0 Å². The molecule has 0 saturated carbocycles. The van der Waals surface area contributed by atoms with E-state index in [4.69, 9.17) is 4.74 Å². The Hall–Kier alpha value is -3.07. The first-order chi connectivity index (χ1) is 15.4. The molecule has 0 amide bonds. The summed E-state index contributed by atoms with van der Waals surface area (Å²) < 4.78 is 46.8. The number of nitrogens with zero attached hydrogens (tertiary/aromatic N) is 3. The van der Waals surface area contributed by atoms with Crippen molar-refractivity contribution in [3.63, 3.8) is 0 Å². The molecule has 3 fully saturated rings. The highest BCUT2D eigenvalue weighted by atomic mass is 19.3. The summed E-state index contributed by atoms with van der Waals surface area (Å²) in [5, 5.41) is 22.0. The van der Waals surface area contributed by atoms with Gasteiger partial charge in [0.25, 0.3) is 6.43 Å². The van der Waals surface area contributed by atoms with E-state index in [0.717, 1.165) is 42.6 Å². The molecule has 6 rings (SSSR count). The van der Waals surface area contributed by atoms with Crippen molar-refractivity contribution in [1.29, 1.82) is 0 Å². The molecule has 3 saturated heterocycles. The smallest absolute Gasteiger partial charge is 0.266 e. The standard InChI is InChI=1S/C23H23F3N4O2/c1-12(17-7-15(31)8-19(22(17)24)23(25)26)28-21-9-27-29-20-5-3-13(6-18(20)21)30-10-16-4-2-14(30)11-32-16/h3,5-9,12,14,16,23,31H,2,4,10-11H2,1H3,(H,28,29)/t12-,14?,16?/m1/s1. The Balaban J connectivity index is 1.48. The zero-order valence-electron chi connectivity index (χ0n) is 17.4. The fraction of sp³-hybridized carbons (Fsp3) is 0.391. The third-order valence-electron chi connectivity index (χ3n) is 6.33. The average Bonchev–Trinajstić information content (AvgIpc) is 2.80. The Labute approximate surface area is 183 Å². The summed E-state index contributed by atoms with van der Waals surface area (Å²) in [6, 6.07) is 7.46. The Morgan fingerprint density at radius 2 is 2.00 bits per heavy atom. The molecule has 168 valence electrons. The second-order valence-corrected chi connectivity index (χ2v) is 8.40. The van der Waals surface area contributed by atoms with Crippen LogP contribution in [-0.2, 0) is 4.74 Å². The highest BCUT2D eigenvalue weighted by molar-refractivity contribution is 5.93. The summed E-state index contributed by atoms with van der Waals surface area (Å²) >= 11 is 0. The molecule has 9 heteroatoms. The van der Waals surface area contributed by atoms with Gasteiger partial charge in [-0.1, -0.05) is 0 Å². The monoisotopic (exact) mass is 444 g/mol. The summed E-state index contributed by atoms with van der Waals surface area (Å²) in [4.78, 5) is 2.34. The van der Waals surface area contributed by atoms with E-state index in [1.807, 2.05) is 18.2 Å². The van der Waals surface area contributed by atoms with Crippen LogP contribution in [0.1, 0.15) is 43.4 Å². The van der Waals surface area contributed by atoms with Gasteiger partial charge < -0.3 is 20.1 Å². The molecule has 6 nitrogen and oxygen atoms in total. The molecule has 3 aliphatic rings. The zero-order chi connectivity index (χ0) is 22.4. The van der Waals surface area contributed by atoms with Crippen LogP contribution >= 0.6 is 0 Å². The lowest BCUT2D eigenvalue weighted by Crippen LogP contribution is -2.54. The quantitative estimate of drug-likeness (QED) is 0.580. The van der Waals surface area contributed by atoms with E-state index in [1.165, 1.54) is 6.20 Å². The molecule has 0 aliphatic carbocycles. The number of aromatic nitrogens is 2. The topological polar surface area (TPSA) is 70.5 Å². The summed E-state index contributed by atoms with van der Waals surface area (Å²) in [5.41, 5.74) is 1.43. The van der Waals surface area contributed by atoms with Crippen molar-refractivity contribution in [2.24, 2.45) is 0 Å². The van der Waals surface area contributed by atoms with Gasteiger partial charge in [-0.05, 0) is 50.1 Å². The Bertz CT molecular complexity index is 1150. The number of piperidine rings is 1. The summed E-state index contributed by atoms with van der Waals surface area (Å²) in [5.74, 6) is -1.44. The molecule has 3 atom stereocenters. The minimum Gasteiger partial charge on any atom is -0.508 e. The molecule has 0 spiro atoms. The maximum Gasteiger partial charge on any atom is 0.266 e. The van der Waals surface area contributed by atoms with E-state index >= 15 is 0 Å². The number of benzene rings is 2. The first-order valence-corrected chi connectivity index (χ1v) is 10.6. The van der Waals surface area contributed by atoms with Gasteiger partial charge in [0.2, 0.25) is 0 Å². The molecule has 2 unspecified atom stereocenters. The first kappa shape index (κ1) is 20.8. The minimum atomic E-state index is -3.03.